The number of urea groups is 1. The minimum Gasteiger partial charge on any atom is -0.481 e. The fourth-order valence-electron chi connectivity index (χ4n) is 1.40. The normalized spacial score (nSPS) is 11.9. The van der Waals surface area contributed by atoms with Crippen molar-refractivity contribution in [3.05, 3.63) is 0 Å². The first-order chi connectivity index (χ1) is 8.49. The summed E-state index contributed by atoms with van der Waals surface area (Å²) in [5.74, 6) is 0.251. The number of nitrogens with zero attached hydrogens (tertiary/aromatic N) is 1. The van der Waals surface area contributed by atoms with Crippen LogP contribution < -0.4 is 5.32 Å². The average molecular weight is 276 g/mol. The average Bonchev–Trinajstić information content (AvgIpc) is 2.33. The number of carboxylic acid groups (broad SMARTS) is 1. The van der Waals surface area contributed by atoms with Crippen LogP contribution in [0.15, 0.2) is 0 Å². The van der Waals surface area contributed by atoms with Gasteiger partial charge in [-0.25, -0.2) is 4.79 Å². The molecule has 0 heterocycles. The Balaban J connectivity index is 3.70. The summed E-state index contributed by atoms with van der Waals surface area (Å²) in [6, 6.07) is 0.135. The Labute approximate surface area is 113 Å². The van der Waals surface area contributed by atoms with Gasteiger partial charge in [-0.15, -0.1) is 0 Å². The van der Waals surface area contributed by atoms with E-state index in [9.17, 15) is 9.59 Å². The maximum absolute atomic E-state index is 11.7. The van der Waals surface area contributed by atoms with Crippen LogP contribution in [0.4, 0.5) is 4.79 Å². The van der Waals surface area contributed by atoms with Crippen LogP contribution in [0.25, 0.3) is 0 Å². The van der Waals surface area contributed by atoms with Gasteiger partial charge in [0.15, 0.2) is 0 Å². The van der Waals surface area contributed by atoms with E-state index in [1.165, 1.54) is 0 Å². The second-order valence-corrected chi connectivity index (χ2v) is 5.31. The lowest BCUT2D eigenvalue weighted by molar-refractivity contribution is -0.137. The van der Waals surface area contributed by atoms with Gasteiger partial charge in [0.25, 0.3) is 0 Å². The lowest BCUT2D eigenvalue weighted by Crippen LogP contribution is -2.42. The van der Waals surface area contributed by atoms with Crippen LogP contribution in [0.3, 0.4) is 0 Å². The second kappa shape index (κ2) is 10.1. The number of thioether (sulfide) groups is 1. The Morgan fingerprint density at radius 3 is 2.61 bits per heavy atom. The Kier molecular flexibility index (Phi) is 9.55. The van der Waals surface area contributed by atoms with Crippen molar-refractivity contribution in [2.75, 3.05) is 25.6 Å². The molecule has 6 heteroatoms. The van der Waals surface area contributed by atoms with E-state index in [1.54, 1.807) is 23.7 Å². The molecule has 0 aliphatic rings. The molecule has 0 bridgehead atoms. The first kappa shape index (κ1) is 17.1. The van der Waals surface area contributed by atoms with Gasteiger partial charge < -0.3 is 15.3 Å². The summed E-state index contributed by atoms with van der Waals surface area (Å²) in [7, 11) is 1.79. The quantitative estimate of drug-likeness (QED) is 0.632. The number of carbonyl (C=O) groups excluding carboxylic acids is 1. The minimum absolute atomic E-state index is 0.0843. The first-order valence-corrected chi connectivity index (χ1v) is 7.59. The van der Waals surface area contributed by atoms with Crippen molar-refractivity contribution in [3.63, 3.8) is 0 Å². The molecule has 0 saturated heterocycles. The molecule has 18 heavy (non-hydrogen) atoms. The number of nitrogens with one attached hydrogen (secondary N) is 1. The van der Waals surface area contributed by atoms with Crippen LogP contribution in [0, 0.1) is 0 Å². The second-order valence-electron chi connectivity index (χ2n) is 4.32. The summed E-state index contributed by atoms with van der Waals surface area (Å²) in [6.45, 7) is 2.56. The molecule has 2 amide bonds. The molecule has 0 spiro atoms. The van der Waals surface area contributed by atoms with Gasteiger partial charge in [0.1, 0.15) is 0 Å². The van der Waals surface area contributed by atoms with Gasteiger partial charge in [-0.05, 0) is 38.2 Å². The van der Waals surface area contributed by atoms with Crippen LogP contribution >= 0.6 is 11.8 Å². The van der Waals surface area contributed by atoms with Crippen molar-refractivity contribution >= 4 is 23.8 Å². The third kappa shape index (κ3) is 8.22. The number of rotatable bonds is 9. The fraction of sp³-hybridized carbons (Fsp3) is 0.833. The van der Waals surface area contributed by atoms with Crippen molar-refractivity contribution < 1.29 is 14.7 Å². The molecule has 0 aliphatic carbocycles. The molecule has 2 N–H and O–H groups in total. The summed E-state index contributed by atoms with van der Waals surface area (Å²) >= 11 is 1.77. The van der Waals surface area contributed by atoms with Crippen molar-refractivity contribution in [2.24, 2.45) is 0 Å². The molecular formula is C12H24N2O3S. The standard InChI is InChI=1S/C12H24N2O3S/c1-10(7-9-18-3)14(2)12(17)13-8-5-4-6-11(15)16/h10H,4-9H2,1-3H3,(H,13,17)(H,15,16). The van der Waals surface area contributed by atoms with Crippen molar-refractivity contribution in [1.29, 1.82) is 0 Å². The molecule has 0 aliphatic heterocycles. The Hall–Kier alpha value is -0.910. The van der Waals surface area contributed by atoms with Gasteiger partial charge in [0, 0.05) is 26.1 Å². The van der Waals surface area contributed by atoms with Gasteiger partial charge in [-0.1, -0.05) is 0 Å². The molecule has 1 unspecified atom stereocenters. The summed E-state index contributed by atoms with van der Waals surface area (Å²) in [4.78, 5) is 23.7. The molecule has 0 aromatic heterocycles. The SMILES string of the molecule is CSCCC(C)N(C)C(=O)NCCCCC(=O)O. The number of hydrogen-bond acceptors (Lipinski definition) is 3. The largest absolute Gasteiger partial charge is 0.481 e. The summed E-state index contributed by atoms with van der Waals surface area (Å²) in [6.07, 6.45) is 4.49. The Morgan fingerprint density at radius 2 is 2.06 bits per heavy atom. The number of amides is 2. The maximum Gasteiger partial charge on any atom is 0.317 e. The Morgan fingerprint density at radius 1 is 1.39 bits per heavy atom. The number of carboxylic acids is 1. The molecule has 1 atom stereocenters. The van der Waals surface area contributed by atoms with Crippen LogP contribution in [-0.2, 0) is 4.79 Å². The van der Waals surface area contributed by atoms with Gasteiger partial charge in [0.05, 0.1) is 0 Å². The number of carbonyl (C=O) groups is 2. The van der Waals surface area contributed by atoms with Crippen LogP contribution in [0.5, 0.6) is 0 Å². The first-order valence-electron chi connectivity index (χ1n) is 6.20. The van der Waals surface area contributed by atoms with E-state index in [0.29, 0.717) is 19.4 Å². The monoisotopic (exact) mass is 276 g/mol. The molecule has 0 saturated carbocycles. The molecule has 0 aromatic rings. The summed E-state index contributed by atoms with van der Waals surface area (Å²) in [5, 5.41) is 11.3. The molecule has 0 aromatic carbocycles. The third-order valence-electron chi connectivity index (χ3n) is 2.81. The molecular weight excluding hydrogens is 252 g/mol. The zero-order chi connectivity index (χ0) is 14.0. The van der Waals surface area contributed by atoms with E-state index < -0.39 is 5.97 Å². The number of hydrogen-bond donors (Lipinski definition) is 2. The van der Waals surface area contributed by atoms with Gasteiger partial charge in [-0.3, -0.25) is 4.79 Å². The zero-order valence-corrected chi connectivity index (χ0v) is 12.3. The van der Waals surface area contributed by atoms with Gasteiger partial charge in [0.2, 0.25) is 0 Å². The highest BCUT2D eigenvalue weighted by atomic mass is 32.2. The van der Waals surface area contributed by atoms with E-state index in [1.807, 2.05) is 6.92 Å². The van der Waals surface area contributed by atoms with Gasteiger partial charge >= 0.3 is 12.0 Å². The lowest BCUT2D eigenvalue weighted by Gasteiger charge is -2.25. The van der Waals surface area contributed by atoms with Crippen LogP contribution in [0.1, 0.15) is 32.6 Å². The minimum atomic E-state index is -0.788. The van der Waals surface area contributed by atoms with Crippen LogP contribution in [-0.4, -0.2) is 53.6 Å². The molecule has 0 rings (SSSR count). The zero-order valence-electron chi connectivity index (χ0n) is 11.4. The number of unbranched alkanes of at least 4 members (excludes halogenated alkanes) is 1. The topological polar surface area (TPSA) is 69.6 Å². The molecule has 0 radical (unpaired) electrons. The van der Waals surface area contributed by atoms with E-state index in [0.717, 1.165) is 12.2 Å². The van der Waals surface area contributed by atoms with Crippen molar-refractivity contribution in [1.82, 2.24) is 10.2 Å². The van der Waals surface area contributed by atoms with E-state index in [2.05, 4.69) is 11.6 Å². The third-order valence-corrected chi connectivity index (χ3v) is 3.46. The highest BCUT2D eigenvalue weighted by Crippen LogP contribution is 2.06. The fourth-order valence-corrected chi connectivity index (χ4v) is 1.98. The van der Waals surface area contributed by atoms with E-state index in [-0.39, 0.29) is 18.5 Å². The van der Waals surface area contributed by atoms with Crippen molar-refractivity contribution in [2.45, 2.75) is 38.6 Å². The van der Waals surface area contributed by atoms with Crippen molar-refractivity contribution in [3.8, 4) is 0 Å². The van der Waals surface area contributed by atoms with E-state index in [4.69, 9.17) is 5.11 Å². The highest BCUT2D eigenvalue weighted by molar-refractivity contribution is 7.98. The lowest BCUT2D eigenvalue weighted by atomic mass is 10.2. The molecule has 5 nitrogen and oxygen atoms in total. The van der Waals surface area contributed by atoms with E-state index >= 15 is 0 Å². The summed E-state index contributed by atoms with van der Waals surface area (Å²) < 4.78 is 0. The Bertz CT molecular complexity index is 262. The summed E-state index contributed by atoms with van der Waals surface area (Å²) in [5.41, 5.74) is 0. The predicted octanol–water partition coefficient (Wildman–Crippen LogP) is 2.02. The molecule has 106 valence electrons. The molecule has 0 fully saturated rings. The van der Waals surface area contributed by atoms with Gasteiger partial charge in [-0.2, -0.15) is 11.8 Å². The smallest absolute Gasteiger partial charge is 0.317 e. The highest BCUT2D eigenvalue weighted by Gasteiger charge is 2.14. The predicted molar refractivity (Wildman–Crippen MR) is 75.1 cm³/mol. The van der Waals surface area contributed by atoms with Crippen LogP contribution in [0.2, 0.25) is 0 Å². The number of aliphatic carboxylic acids is 1. The maximum atomic E-state index is 11.7.